The molecule has 2 aromatic heterocycles. The molecule has 0 spiro atoms. The Morgan fingerprint density at radius 2 is 2.22 bits per heavy atom. The molecule has 0 aliphatic heterocycles. The monoisotopic (exact) mass is 370 g/mol. The number of thiophene rings is 1. The molecule has 0 fully saturated rings. The van der Waals surface area contributed by atoms with Crippen LogP contribution in [0.3, 0.4) is 0 Å². The van der Waals surface area contributed by atoms with Crippen LogP contribution in [0.2, 0.25) is 10.0 Å². The average Bonchev–Trinajstić information content (AvgIpc) is 3.01. The number of carbonyl (C=O) groups excluding carboxylic acids is 2. The van der Waals surface area contributed by atoms with Crippen LogP contribution >= 0.6 is 34.5 Å². The quantitative estimate of drug-likeness (QED) is 0.636. The second-order valence-electron chi connectivity index (χ2n) is 4.44. The fourth-order valence-corrected chi connectivity index (χ4v) is 2.58. The number of pyridine rings is 1. The van der Waals surface area contributed by atoms with E-state index >= 15 is 0 Å². The third kappa shape index (κ3) is 5.35. The Balaban J connectivity index is 1.90. The van der Waals surface area contributed by atoms with Crippen molar-refractivity contribution in [3.63, 3.8) is 0 Å². The van der Waals surface area contributed by atoms with Crippen molar-refractivity contribution in [3.8, 4) is 0 Å². The molecule has 120 valence electrons. The summed E-state index contributed by atoms with van der Waals surface area (Å²) in [5.74, 6) is -1.01. The Labute approximate surface area is 146 Å². The van der Waals surface area contributed by atoms with E-state index in [4.69, 9.17) is 27.9 Å². The zero-order valence-electron chi connectivity index (χ0n) is 12.0. The minimum atomic E-state index is -0.997. The molecule has 2 rings (SSSR count). The summed E-state index contributed by atoms with van der Waals surface area (Å²) in [6.07, 6.45) is 3.23. The summed E-state index contributed by atoms with van der Waals surface area (Å²) < 4.78 is 5.01. The lowest BCUT2D eigenvalue weighted by Gasteiger charge is -2.12. The van der Waals surface area contributed by atoms with E-state index in [1.165, 1.54) is 36.6 Å². The van der Waals surface area contributed by atoms with E-state index in [0.29, 0.717) is 5.02 Å². The minimum Gasteiger partial charge on any atom is -0.449 e. The highest BCUT2D eigenvalue weighted by Crippen LogP contribution is 2.22. The van der Waals surface area contributed by atoms with E-state index in [1.54, 1.807) is 6.08 Å². The average molecular weight is 371 g/mol. The number of hydrogen-bond acceptors (Lipinski definition) is 5. The lowest BCUT2D eigenvalue weighted by molar-refractivity contribution is -0.148. The van der Waals surface area contributed by atoms with Crippen molar-refractivity contribution in [3.05, 3.63) is 50.8 Å². The first-order chi connectivity index (χ1) is 11.0. The molecule has 2 aromatic rings. The van der Waals surface area contributed by atoms with Gasteiger partial charge in [0.25, 0.3) is 5.91 Å². The molecule has 1 atom stereocenters. The van der Waals surface area contributed by atoms with Gasteiger partial charge in [0.2, 0.25) is 0 Å². The Kier molecular flexibility index (Phi) is 6.15. The SMILES string of the molecule is C[C@H](OC(=O)/C=C/c1ccsc1)C(=O)Nc1ncc(Cl)cc1Cl. The molecule has 23 heavy (non-hydrogen) atoms. The van der Waals surface area contributed by atoms with Crippen molar-refractivity contribution in [2.24, 2.45) is 0 Å². The molecule has 0 unspecified atom stereocenters. The van der Waals surface area contributed by atoms with Gasteiger partial charge in [0.05, 0.1) is 10.0 Å². The van der Waals surface area contributed by atoms with Gasteiger partial charge in [0, 0.05) is 12.3 Å². The molecule has 0 aliphatic carbocycles. The lowest BCUT2D eigenvalue weighted by Crippen LogP contribution is -2.29. The molecule has 0 aromatic carbocycles. The van der Waals surface area contributed by atoms with Gasteiger partial charge in [-0.25, -0.2) is 9.78 Å². The Morgan fingerprint density at radius 1 is 1.43 bits per heavy atom. The van der Waals surface area contributed by atoms with Crippen LogP contribution < -0.4 is 5.32 Å². The predicted molar refractivity (Wildman–Crippen MR) is 91.8 cm³/mol. The van der Waals surface area contributed by atoms with Gasteiger partial charge in [0.1, 0.15) is 0 Å². The Morgan fingerprint density at radius 3 is 2.87 bits per heavy atom. The number of hydrogen-bond donors (Lipinski definition) is 1. The normalized spacial score (nSPS) is 12.1. The van der Waals surface area contributed by atoms with Crippen LogP contribution in [0, 0.1) is 0 Å². The molecule has 0 aliphatic rings. The van der Waals surface area contributed by atoms with Gasteiger partial charge in [-0.3, -0.25) is 4.79 Å². The molecule has 0 saturated heterocycles. The van der Waals surface area contributed by atoms with Crippen molar-refractivity contribution in [2.75, 3.05) is 5.32 Å². The zero-order chi connectivity index (χ0) is 16.8. The molecule has 2 heterocycles. The lowest BCUT2D eigenvalue weighted by atomic mass is 10.3. The summed E-state index contributed by atoms with van der Waals surface area (Å²) >= 11 is 13.2. The summed E-state index contributed by atoms with van der Waals surface area (Å²) in [6, 6.07) is 3.31. The number of anilines is 1. The number of rotatable bonds is 5. The summed E-state index contributed by atoms with van der Waals surface area (Å²) in [5, 5.41) is 6.80. The van der Waals surface area contributed by atoms with Crippen LogP contribution in [-0.2, 0) is 14.3 Å². The van der Waals surface area contributed by atoms with E-state index in [0.717, 1.165) is 5.56 Å². The zero-order valence-corrected chi connectivity index (χ0v) is 14.3. The smallest absolute Gasteiger partial charge is 0.331 e. The van der Waals surface area contributed by atoms with E-state index < -0.39 is 18.0 Å². The van der Waals surface area contributed by atoms with Crippen LogP contribution in [-0.4, -0.2) is 23.0 Å². The maximum absolute atomic E-state index is 12.0. The number of halogens is 2. The molecule has 1 amide bonds. The largest absolute Gasteiger partial charge is 0.449 e. The third-order valence-corrected chi connectivity index (χ3v) is 3.86. The van der Waals surface area contributed by atoms with E-state index in [1.807, 2.05) is 16.8 Å². The van der Waals surface area contributed by atoms with Gasteiger partial charge in [-0.2, -0.15) is 11.3 Å². The number of nitrogens with one attached hydrogen (secondary N) is 1. The van der Waals surface area contributed by atoms with E-state index in [9.17, 15) is 9.59 Å². The fraction of sp³-hybridized carbons (Fsp3) is 0.133. The van der Waals surface area contributed by atoms with Crippen molar-refractivity contribution < 1.29 is 14.3 Å². The van der Waals surface area contributed by atoms with Crippen molar-refractivity contribution in [1.82, 2.24) is 4.98 Å². The number of ether oxygens (including phenoxy) is 1. The second kappa shape index (κ2) is 8.10. The summed E-state index contributed by atoms with van der Waals surface area (Å²) in [5.41, 5.74) is 0.890. The predicted octanol–water partition coefficient (Wildman–Crippen LogP) is 4.03. The van der Waals surface area contributed by atoms with Gasteiger partial charge in [-0.05, 0) is 41.5 Å². The van der Waals surface area contributed by atoms with Crippen molar-refractivity contribution >= 4 is 58.3 Å². The first-order valence-corrected chi connectivity index (χ1v) is 8.18. The molecule has 8 heteroatoms. The maximum Gasteiger partial charge on any atom is 0.331 e. The molecule has 0 radical (unpaired) electrons. The first-order valence-electron chi connectivity index (χ1n) is 6.48. The second-order valence-corrected chi connectivity index (χ2v) is 6.07. The number of carbonyl (C=O) groups is 2. The highest BCUT2D eigenvalue weighted by molar-refractivity contribution is 7.08. The van der Waals surface area contributed by atoms with Crippen LogP contribution in [0.15, 0.2) is 35.2 Å². The maximum atomic E-state index is 12.0. The van der Waals surface area contributed by atoms with Gasteiger partial charge in [0.15, 0.2) is 11.9 Å². The summed E-state index contributed by atoms with van der Waals surface area (Å²) in [6.45, 7) is 1.45. The summed E-state index contributed by atoms with van der Waals surface area (Å²) in [4.78, 5) is 27.5. The summed E-state index contributed by atoms with van der Waals surface area (Å²) in [7, 11) is 0. The Bertz CT molecular complexity index is 732. The minimum absolute atomic E-state index is 0.151. The number of esters is 1. The van der Waals surface area contributed by atoms with Crippen LogP contribution in [0.5, 0.6) is 0 Å². The van der Waals surface area contributed by atoms with Crippen LogP contribution in [0.1, 0.15) is 12.5 Å². The number of nitrogens with zero attached hydrogens (tertiary/aromatic N) is 1. The van der Waals surface area contributed by atoms with Gasteiger partial charge in [-0.15, -0.1) is 0 Å². The van der Waals surface area contributed by atoms with Gasteiger partial charge >= 0.3 is 5.97 Å². The van der Waals surface area contributed by atoms with Crippen molar-refractivity contribution in [2.45, 2.75) is 13.0 Å². The molecular formula is C15H12Cl2N2O3S. The molecule has 0 saturated carbocycles. The van der Waals surface area contributed by atoms with E-state index in [2.05, 4.69) is 10.3 Å². The topological polar surface area (TPSA) is 68.3 Å². The third-order valence-electron chi connectivity index (χ3n) is 2.67. The standard InChI is InChI=1S/C15H12Cl2N2O3S/c1-9(22-13(20)3-2-10-4-5-23-8-10)15(21)19-14-12(17)6-11(16)7-18-14/h2-9H,1H3,(H,18,19,21)/b3-2+/t9-/m0/s1. The van der Waals surface area contributed by atoms with Crippen molar-refractivity contribution in [1.29, 1.82) is 0 Å². The highest BCUT2D eigenvalue weighted by atomic mass is 35.5. The number of aromatic nitrogens is 1. The fourth-order valence-electron chi connectivity index (χ4n) is 1.53. The van der Waals surface area contributed by atoms with E-state index in [-0.39, 0.29) is 10.8 Å². The first kappa shape index (κ1) is 17.5. The highest BCUT2D eigenvalue weighted by Gasteiger charge is 2.18. The molecule has 0 bridgehead atoms. The molecular weight excluding hydrogens is 359 g/mol. The molecule has 5 nitrogen and oxygen atoms in total. The number of amides is 1. The van der Waals surface area contributed by atoms with Crippen LogP contribution in [0.4, 0.5) is 5.82 Å². The molecule has 1 N–H and O–H groups in total. The van der Waals surface area contributed by atoms with Gasteiger partial charge in [-0.1, -0.05) is 23.2 Å². The Hall–Kier alpha value is -1.89. The van der Waals surface area contributed by atoms with Crippen LogP contribution in [0.25, 0.3) is 6.08 Å². The van der Waals surface area contributed by atoms with Gasteiger partial charge < -0.3 is 10.1 Å².